The van der Waals surface area contributed by atoms with Crippen molar-refractivity contribution >= 4 is 5.97 Å². The molecule has 25 heavy (non-hydrogen) atoms. The van der Waals surface area contributed by atoms with Crippen LogP contribution in [0.3, 0.4) is 0 Å². The molecule has 0 aromatic heterocycles. The summed E-state index contributed by atoms with van der Waals surface area (Å²) in [7, 11) is 0. The normalized spacial score (nSPS) is 20.4. The largest absolute Gasteiger partial charge is 0.462 e. The van der Waals surface area contributed by atoms with Crippen LogP contribution in [0.25, 0.3) is 0 Å². The van der Waals surface area contributed by atoms with Gasteiger partial charge in [0.25, 0.3) is 0 Å². The van der Waals surface area contributed by atoms with E-state index in [0.29, 0.717) is 18.1 Å². The third-order valence-electron chi connectivity index (χ3n) is 5.66. The first-order chi connectivity index (χ1) is 12.2. The van der Waals surface area contributed by atoms with Crippen molar-refractivity contribution in [2.75, 3.05) is 6.61 Å². The Kier molecular flexibility index (Phi) is 9.07. The van der Waals surface area contributed by atoms with Crippen LogP contribution in [-0.2, 0) is 4.74 Å². The van der Waals surface area contributed by atoms with Crippen LogP contribution in [0.2, 0.25) is 0 Å². The molecule has 1 aromatic carbocycles. The summed E-state index contributed by atoms with van der Waals surface area (Å²) >= 11 is 0. The minimum Gasteiger partial charge on any atom is -0.462 e. The minimum absolute atomic E-state index is 0.178. The van der Waals surface area contributed by atoms with E-state index >= 15 is 0 Å². The van der Waals surface area contributed by atoms with Gasteiger partial charge < -0.3 is 4.74 Å². The van der Waals surface area contributed by atoms with Crippen LogP contribution < -0.4 is 0 Å². The third kappa shape index (κ3) is 6.84. The summed E-state index contributed by atoms with van der Waals surface area (Å²) in [5.41, 5.74) is 2.09. The van der Waals surface area contributed by atoms with Gasteiger partial charge in [-0.25, -0.2) is 4.79 Å². The van der Waals surface area contributed by atoms with Crippen LogP contribution in [0, 0.1) is 5.92 Å². The molecule has 2 nitrogen and oxygen atoms in total. The number of hydrogen-bond acceptors (Lipinski definition) is 2. The monoisotopic (exact) mass is 344 g/mol. The van der Waals surface area contributed by atoms with E-state index in [1.165, 1.54) is 56.9 Å². The van der Waals surface area contributed by atoms with E-state index in [1.807, 2.05) is 12.1 Å². The summed E-state index contributed by atoms with van der Waals surface area (Å²) in [6.07, 6.45) is 14.1. The molecule has 1 fully saturated rings. The zero-order valence-corrected chi connectivity index (χ0v) is 16.3. The number of esters is 1. The highest BCUT2D eigenvalue weighted by molar-refractivity contribution is 5.89. The van der Waals surface area contributed by atoms with Gasteiger partial charge in [-0.3, -0.25) is 0 Å². The molecule has 0 saturated heterocycles. The van der Waals surface area contributed by atoms with E-state index in [1.54, 1.807) is 0 Å². The highest BCUT2D eigenvalue weighted by Crippen LogP contribution is 2.37. The van der Waals surface area contributed by atoms with Crippen LogP contribution in [0.5, 0.6) is 0 Å². The van der Waals surface area contributed by atoms with Crippen LogP contribution in [0.4, 0.5) is 0 Å². The van der Waals surface area contributed by atoms with Crippen LogP contribution in [0.15, 0.2) is 24.3 Å². The number of rotatable bonds is 10. The number of benzene rings is 1. The molecule has 140 valence electrons. The highest BCUT2D eigenvalue weighted by atomic mass is 16.5. The molecule has 0 spiro atoms. The molecule has 1 saturated carbocycles. The van der Waals surface area contributed by atoms with Crippen molar-refractivity contribution in [3.8, 4) is 0 Å². The average molecular weight is 345 g/mol. The van der Waals surface area contributed by atoms with Gasteiger partial charge in [0.2, 0.25) is 0 Å². The second kappa shape index (κ2) is 11.3. The first kappa shape index (κ1) is 20.0. The number of unbranched alkanes of at least 4 members (excludes halogenated alkanes) is 4. The van der Waals surface area contributed by atoms with Gasteiger partial charge in [0, 0.05) is 0 Å². The first-order valence-corrected chi connectivity index (χ1v) is 10.5. The zero-order chi connectivity index (χ0) is 17.9. The number of hydrogen-bond donors (Lipinski definition) is 0. The Morgan fingerprint density at radius 1 is 0.920 bits per heavy atom. The summed E-state index contributed by atoms with van der Waals surface area (Å²) in [4.78, 5) is 12.0. The Labute approximate surface area is 154 Å². The Hall–Kier alpha value is -1.31. The average Bonchev–Trinajstić information content (AvgIpc) is 2.66. The second-order valence-electron chi connectivity index (χ2n) is 7.68. The minimum atomic E-state index is -0.178. The van der Waals surface area contributed by atoms with Crippen molar-refractivity contribution in [3.63, 3.8) is 0 Å². The van der Waals surface area contributed by atoms with Gasteiger partial charge in [-0.15, -0.1) is 0 Å². The van der Waals surface area contributed by atoms with Crippen molar-refractivity contribution in [2.45, 2.75) is 90.4 Å². The maximum absolute atomic E-state index is 12.0. The number of ether oxygens (including phenoxy) is 1. The van der Waals surface area contributed by atoms with Gasteiger partial charge >= 0.3 is 5.97 Å². The summed E-state index contributed by atoms with van der Waals surface area (Å²) in [6, 6.07) is 8.19. The molecule has 0 bridgehead atoms. The number of carbonyl (C=O) groups excluding carboxylic acids is 1. The topological polar surface area (TPSA) is 26.3 Å². The molecule has 0 amide bonds. The van der Waals surface area contributed by atoms with E-state index < -0.39 is 0 Å². The lowest BCUT2D eigenvalue weighted by atomic mass is 9.77. The lowest BCUT2D eigenvalue weighted by molar-refractivity contribution is 0.0498. The van der Waals surface area contributed by atoms with Crippen LogP contribution in [0.1, 0.15) is 106 Å². The molecule has 0 atom stereocenters. The molecule has 0 aliphatic heterocycles. The fourth-order valence-corrected chi connectivity index (χ4v) is 3.96. The summed E-state index contributed by atoms with van der Waals surface area (Å²) < 4.78 is 5.34. The van der Waals surface area contributed by atoms with Gasteiger partial charge in [0.15, 0.2) is 0 Å². The van der Waals surface area contributed by atoms with E-state index in [9.17, 15) is 4.79 Å². The van der Waals surface area contributed by atoms with Crippen molar-refractivity contribution < 1.29 is 9.53 Å². The van der Waals surface area contributed by atoms with E-state index in [2.05, 4.69) is 26.0 Å². The lowest BCUT2D eigenvalue weighted by Gasteiger charge is -2.29. The zero-order valence-electron chi connectivity index (χ0n) is 16.3. The lowest BCUT2D eigenvalue weighted by Crippen LogP contribution is -2.13. The molecule has 2 heteroatoms. The second-order valence-corrected chi connectivity index (χ2v) is 7.68. The van der Waals surface area contributed by atoms with Gasteiger partial charge in [0.05, 0.1) is 12.2 Å². The molecule has 1 aliphatic carbocycles. The van der Waals surface area contributed by atoms with E-state index in [4.69, 9.17) is 4.74 Å². The quantitative estimate of drug-likeness (QED) is 0.341. The van der Waals surface area contributed by atoms with Gasteiger partial charge in [-0.05, 0) is 61.6 Å². The summed E-state index contributed by atoms with van der Waals surface area (Å²) in [5, 5.41) is 0. The molecule has 0 unspecified atom stereocenters. The third-order valence-corrected chi connectivity index (χ3v) is 5.66. The number of carbonyl (C=O) groups is 1. The molecule has 1 aromatic rings. The van der Waals surface area contributed by atoms with E-state index in [0.717, 1.165) is 25.2 Å². The smallest absolute Gasteiger partial charge is 0.338 e. The molecule has 1 aliphatic rings. The highest BCUT2D eigenvalue weighted by Gasteiger charge is 2.22. The van der Waals surface area contributed by atoms with Crippen molar-refractivity contribution in [3.05, 3.63) is 35.4 Å². The first-order valence-electron chi connectivity index (χ1n) is 10.5. The molecular weight excluding hydrogens is 308 g/mol. The van der Waals surface area contributed by atoms with Crippen molar-refractivity contribution in [1.82, 2.24) is 0 Å². The van der Waals surface area contributed by atoms with Crippen molar-refractivity contribution in [2.24, 2.45) is 5.92 Å². The predicted molar refractivity (Wildman–Crippen MR) is 105 cm³/mol. The van der Waals surface area contributed by atoms with Crippen molar-refractivity contribution in [1.29, 1.82) is 0 Å². The Balaban J connectivity index is 1.75. The SMILES string of the molecule is CCCCCOC(=O)c1ccc(C2CCC(CCCCC)CC2)cc1. The maximum atomic E-state index is 12.0. The van der Waals surface area contributed by atoms with Gasteiger partial charge in [-0.1, -0.05) is 64.5 Å². The van der Waals surface area contributed by atoms with Crippen LogP contribution in [-0.4, -0.2) is 12.6 Å². The standard InChI is InChI=1S/C23H36O2/c1-3-5-7-9-19-10-12-20(13-11-19)21-14-16-22(17-15-21)23(24)25-18-8-6-4-2/h14-17,19-20H,3-13,18H2,1-2H3. The fourth-order valence-electron chi connectivity index (χ4n) is 3.96. The van der Waals surface area contributed by atoms with E-state index in [-0.39, 0.29) is 5.97 Å². The summed E-state index contributed by atoms with van der Waals surface area (Å²) in [6.45, 7) is 4.97. The Morgan fingerprint density at radius 2 is 1.56 bits per heavy atom. The Morgan fingerprint density at radius 3 is 2.20 bits per heavy atom. The molecule has 2 rings (SSSR count). The predicted octanol–water partition coefficient (Wildman–Crippen LogP) is 6.89. The maximum Gasteiger partial charge on any atom is 0.338 e. The Bertz CT molecular complexity index is 483. The molecular formula is C23H36O2. The van der Waals surface area contributed by atoms with Crippen LogP contribution >= 0.6 is 0 Å². The molecule has 0 radical (unpaired) electrons. The van der Waals surface area contributed by atoms with Gasteiger partial charge in [-0.2, -0.15) is 0 Å². The fraction of sp³-hybridized carbons (Fsp3) is 0.696. The summed E-state index contributed by atoms with van der Waals surface area (Å²) in [5.74, 6) is 1.44. The van der Waals surface area contributed by atoms with Gasteiger partial charge in [0.1, 0.15) is 0 Å². The molecule has 0 N–H and O–H groups in total. The molecule has 0 heterocycles.